The standard InChI is InChI=1S/C22H16BrClN4O3/c1-30-17-4-2-3-16(19(17)23)28-8-7-13-11-14(5-6-15(13)28)27-9-10-31-21-18(22(27)29)20(24)25-12-26-21/h2-8,11-12H,9-10H2,1H3. The summed E-state index contributed by atoms with van der Waals surface area (Å²) >= 11 is 9.80. The van der Waals surface area contributed by atoms with E-state index in [0.717, 1.165) is 32.5 Å². The molecule has 4 aromatic rings. The highest BCUT2D eigenvalue weighted by atomic mass is 79.9. The van der Waals surface area contributed by atoms with Gasteiger partial charge in [-0.15, -0.1) is 0 Å². The summed E-state index contributed by atoms with van der Waals surface area (Å²) in [6, 6.07) is 13.7. The summed E-state index contributed by atoms with van der Waals surface area (Å²) in [4.78, 5) is 22.8. The molecule has 9 heteroatoms. The van der Waals surface area contributed by atoms with Gasteiger partial charge in [0.15, 0.2) is 0 Å². The first-order valence-electron chi connectivity index (χ1n) is 9.47. The number of carbonyl (C=O) groups is 1. The zero-order valence-electron chi connectivity index (χ0n) is 16.4. The number of benzene rings is 2. The zero-order chi connectivity index (χ0) is 21.5. The lowest BCUT2D eigenvalue weighted by atomic mass is 10.2. The Morgan fingerprint density at radius 1 is 1.19 bits per heavy atom. The lowest BCUT2D eigenvalue weighted by Gasteiger charge is -2.20. The van der Waals surface area contributed by atoms with E-state index in [1.807, 2.05) is 48.7 Å². The maximum absolute atomic E-state index is 13.2. The van der Waals surface area contributed by atoms with Crippen LogP contribution in [0.15, 0.2) is 59.5 Å². The van der Waals surface area contributed by atoms with Crippen LogP contribution in [0.2, 0.25) is 5.15 Å². The Hall–Kier alpha value is -3.10. The summed E-state index contributed by atoms with van der Waals surface area (Å²) in [6.45, 7) is 0.682. The van der Waals surface area contributed by atoms with Crippen molar-refractivity contribution in [2.45, 2.75) is 0 Å². The van der Waals surface area contributed by atoms with Gasteiger partial charge in [0, 0.05) is 17.3 Å². The van der Waals surface area contributed by atoms with Crippen LogP contribution in [0, 0.1) is 0 Å². The summed E-state index contributed by atoms with van der Waals surface area (Å²) in [6.07, 6.45) is 3.27. The van der Waals surface area contributed by atoms with E-state index in [9.17, 15) is 4.79 Å². The van der Waals surface area contributed by atoms with Crippen molar-refractivity contribution in [2.75, 3.05) is 25.2 Å². The molecule has 2 aromatic carbocycles. The minimum absolute atomic E-state index is 0.0806. The Labute approximate surface area is 191 Å². The molecule has 0 saturated heterocycles. The number of anilines is 1. The number of hydrogen-bond acceptors (Lipinski definition) is 5. The van der Waals surface area contributed by atoms with Crippen molar-refractivity contribution in [3.8, 4) is 17.3 Å². The molecule has 0 bridgehead atoms. The number of nitrogens with zero attached hydrogens (tertiary/aromatic N) is 4. The summed E-state index contributed by atoms with van der Waals surface area (Å²) in [5, 5.41) is 1.07. The second-order valence-corrected chi connectivity index (χ2v) is 8.02. The number of aromatic nitrogens is 3. The van der Waals surface area contributed by atoms with Crippen LogP contribution in [0.1, 0.15) is 10.4 Å². The molecule has 1 aliphatic heterocycles. The Bertz CT molecular complexity index is 1320. The molecule has 0 aliphatic carbocycles. The molecule has 2 aromatic heterocycles. The Balaban J connectivity index is 1.56. The predicted molar refractivity (Wildman–Crippen MR) is 122 cm³/mol. The lowest BCUT2D eigenvalue weighted by Crippen LogP contribution is -2.32. The number of methoxy groups -OCH3 is 1. The second kappa shape index (κ2) is 7.86. The molecule has 3 heterocycles. The monoisotopic (exact) mass is 498 g/mol. The van der Waals surface area contributed by atoms with E-state index in [1.165, 1.54) is 6.33 Å². The molecule has 0 radical (unpaired) electrons. The van der Waals surface area contributed by atoms with E-state index in [-0.39, 0.29) is 22.5 Å². The SMILES string of the molecule is COc1cccc(-n2ccc3cc(N4CCOc5ncnc(Cl)c5C4=O)ccc32)c1Br. The molecule has 1 aliphatic rings. The topological polar surface area (TPSA) is 69.5 Å². The van der Waals surface area contributed by atoms with Crippen LogP contribution in [0.3, 0.4) is 0 Å². The summed E-state index contributed by atoms with van der Waals surface area (Å²) in [5.74, 6) is 0.680. The summed E-state index contributed by atoms with van der Waals surface area (Å²) in [7, 11) is 1.64. The quantitative estimate of drug-likeness (QED) is 0.376. The van der Waals surface area contributed by atoms with Gasteiger partial charge in [-0.3, -0.25) is 4.79 Å². The van der Waals surface area contributed by atoms with E-state index in [1.54, 1.807) is 12.0 Å². The van der Waals surface area contributed by atoms with Gasteiger partial charge in [-0.2, -0.15) is 0 Å². The Kier molecular flexibility index (Phi) is 5.03. The highest BCUT2D eigenvalue weighted by Gasteiger charge is 2.29. The number of hydrogen-bond donors (Lipinski definition) is 0. The highest BCUT2D eigenvalue weighted by Crippen LogP contribution is 2.35. The average molecular weight is 500 g/mol. The second-order valence-electron chi connectivity index (χ2n) is 6.87. The fourth-order valence-electron chi connectivity index (χ4n) is 3.71. The molecule has 5 rings (SSSR count). The number of carbonyl (C=O) groups excluding carboxylic acids is 1. The molecule has 0 N–H and O–H groups in total. The fraction of sp³-hybridized carbons (Fsp3) is 0.136. The minimum Gasteiger partial charge on any atom is -0.495 e. The minimum atomic E-state index is -0.285. The highest BCUT2D eigenvalue weighted by molar-refractivity contribution is 9.10. The molecule has 0 spiro atoms. The molecule has 0 saturated carbocycles. The van der Waals surface area contributed by atoms with Crippen LogP contribution in [0.4, 0.5) is 5.69 Å². The number of rotatable bonds is 3. The van der Waals surface area contributed by atoms with E-state index in [0.29, 0.717) is 13.2 Å². The van der Waals surface area contributed by atoms with Crippen molar-refractivity contribution >= 4 is 50.0 Å². The Morgan fingerprint density at radius 3 is 2.90 bits per heavy atom. The maximum atomic E-state index is 13.2. The van der Waals surface area contributed by atoms with Crippen LogP contribution < -0.4 is 14.4 Å². The van der Waals surface area contributed by atoms with Gasteiger partial charge >= 0.3 is 0 Å². The molecule has 0 unspecified atom stereocenters. The molecular formula is C22H16BrClN4O3. The third kappa shape index (κ3) is 3.32. The number of ether oxygens (including phenoxy) is 2. The van der Waals surface area contributed by atoms with Gasteiger partial charge in [-0.25, -0.2) is 9.97 Å². The van der Waals surface area contributed by atoms with Gasteiger partial charge in [0.1, 0.15) is 29.4 Å². The molecule has 31 heavy (non-hydrogen) atoms. The van der Waals surface area contributed by atoms with Crippen molar-refractivity contribution in [1.82, 2.24) is 14.5 Å². The van der Waals surface area contributed by atoms with Crippen molar-refractivity contribution in [2.24, 2.45) is 0 Å². The maximum Gasteiger partial charge on any atom is 0.267 e. The summed E-state index contributed by atoms with van der Waals surface area (Å²) in [5.41, 5.74) is 2.88. The van der Waals surface area contributed by atoms with Crippen molar-refractivity contribution in [3.63, 3.8) is 0 Å². The van der Waals surface area contributed by atoms with Crippen molar-refractivity contribution in [3.05, 3.63) is 70.2 Å². The zero-order valence-corrected chi connectivity index (χ0v) is 18.7. The predicted octanol–water partition coefficient (Wildman–Crippen LogP) is 4.88. The van der Waals surface area contributed by atoms with Gasteiger partial charge in [-0.05, 0) is 52.3 Å². The average Bonchev–Trinajstić information content (AvgIpc) is 3.11. The van der Waals surface area contributed by atoms with E-state index >= 15 is 0 Å². The van der Waals surface area contributed by atoms with Crippen molar-refractivity contribution < 1.29 is 14.3 Å². The van der Waals surface area contributed by atoms with Gasteiger partial charge in [0.2, 0.25) is 5.88 Å². The van der Waals surface area contributed by atoms with Crippen LogP contribution in [-0.2, 0) is 0 Å². The molecule has 1 amide bonds. The first-order chi connectivity index (χ1) is 15.1. The van der Waals surface area contributed by atoms with Crippen LogP contribution in [0.25, 0.3) is 16.6 Å². The van der Waals surface area contributed by atoms with E-state index < -0.39 is 0 Å². The third-order valence-electron chi connectivity index (χ3n) is 5.19. The molecule has 0 fully saturated rings. The first-order valence-corrected chi connectivity index (χ1v) is 10.6. The van der Waals surface area contributed by atoms with E-state index in [2.05, 4.69) is 30.5 Å². The Morgan fingerprint density at radius 2 is 2.06 bits per heavy atom. The van der Waals surface area contributed by atoms with Crippen LogP contribution in [0.5, 0.6) is 11.6 Å². The largest absolute Gasteiger partial charge is 0.495 e. The van der Waals surface area contributed by atoms with E-state index in [4.69, 9.17) is 21.1 Å². The van der Waals surface area contributed by atoms with Gasteiger partial charge in [0.05, 0.1) is 29.3 Å². The fourth-order valence-corrected chi connectivity index (χ4v) is 4.53. The third-order valence-corrected chi connectivity index (χ3v) is 6.27. The molecule has 0 atom stereocenters. The van der Waals surface area contributed by atoms with Gasteiger partial charge in [0.25, 0.3) is 5.91 Å². The smallest absolute Gasteiger partial charge is 0.267 e. The normalized spacial score (nSPS) is 13.6. The molecule has 7 nitrogen and oxygen atoms in total. The van der Waals surface area contributed by atoms with Gasteiger partial charge in [-0.1, -0.05) is 17.7 Å². The molecular weight excluding hydrogens is 484 g/mol. The van der Waals surface area contributed by atoms with Gasteiger partial charge < -0.3 is 18.9 Å². The lowest BCUT2D eigenvalue weighted by molar-refractivity contribution is 0.0989. The van der Waals surface area contributed by atoms with Crippen molar-refractivity contribution in [1.29, 1.82) is 0 Å². The number of amides is 1. The molecule has 156 valence electrons. The summed E-state index contributed by atoms with van der Waals surface area (Å²) < 4.78 is 14.0. The van der Waals surface area contributed by atoms with Crippen LogP contribution >= 0.6 is 27.5 Å². The number of halogens is 2. The number of fused-ring (bicyclic) bond motifs is 2. The first kappa shape index (κ1) is 19.8. The van der Waals surface area contributed by atoms with Crippen LogP contribution in [-0.4, -0.2) is 40.7 Å².